The van der Waals surface area contributed by atoms with Crippen LogP contribution >= 0.6 is 11.6 Å². The Hall–Kier alpha value is -4.33. The highest BCUT2D eigenvalue weighted by Gasteiger charge is 2.16. The average molecular weight is 476 g/mol. The zero-order chi connectivity index (χ0) is 24.4. The second-order valence-corrected chi connectivity index (χ2v) is 8.85. The Kier molecular flexibility index (Phi) is 6.10. The fraction of sp³-hybridized carbons (Fsp3) is 0.0667. The lowest BCUT2D eigenvalue weighted by Crippen LogP contribution is -2.13. The number of carbonyl (C=O) groups excluding carboxylic acids is 1. The Labute approximate surface area is 208 Å². The van der Waals surface area contributed by atoms with Crippen LogP contribution in [0, 0.1) is 18.3 Å². The zero-order valence-corrected chi connectivity index (χ0v) is 19.9. The van der Waals surface area contributed by atoms with Crippen molar-refractivity contribution in [2.24, 2.45) is 0 Å². The summed E-state index contributed by atoms with van der Waals surface area (Å²) in [5.41, 5.74) is 4.70. The molecule has 0 unspecified atom stereocenters. The van der Waals surface area contributed by atoms with Crippen LogP contribution in [0.5, 0.6) is 0 Å². The second-order valence-electron chi connectivity index (χ2n) is 8.41. The van der Waals surface area contributed by atoms with E-state index in [1.807, 2.05) is 91.9 Å². The lowest BCUT2D eigenvalue weighted by atomic mass is 10.1. The summed E-state index contributed by atoms with van der Waals surface area (Å²) in [6, 6.07) is 31.5. The molecule has 0 aliphatic heterocycles. The summed E-state index contributed by atoms with van der Waals surface area (Å²) in [6.45, 7) is 2.67. The third kappa shape index (κ3) is 4.55. The summed E-state index contributed by atoms with van der Waals surface area (Å²) in [6.07, 6.45) is 1.69. The number of amides is 1. The van der Waals surface area contributed by atoms with Crippen molar-refractivity contribution in [3.63, 3.8) is 0 Å². The van der Waals surface area contributed by atoms with Gasteiger partial charge in [0.1, 0.15) is 11.6 Å². The van der Waals surface area contributed by atoms with Crippen LogP contribution in [0.25, 0.3) is 27.8 Å². The number of aromatic nitrogens is 1. The average Bonchev–Trinajstić information content (AvgIpc) is 3.14. The SMILES string of the molecule is Cc1c(C=C(C#N)C(=O)Nc2ccc3ccccc3c2)c2ccccc2n1Cc1ccc(Cl)cc1. The third-order valence-electron chi connectivity index (χ3n) is 6.19. The molecule has 5 aromatic rings. The summed E-state index contributed by atoms with van der Waals surface area (Å²) < 4.78 is 2.20. The molecule has 0 fully saturated rings. The maximum Gasteiger partial charge on any atom is 0.266 e. The van der Waals surface area contributed by atoms with E-state index < -0.39 is 5.91 Å². The maximum atomic E-state index is 13.0. The van der Waals surface area contributed by atoms with Crippen molar-refractivity contribution in [2.45, 2.75) is 13.5 Å². The van der Waals surface area contributed by atoms with Crippen molar-refractivity contribution in [1.82, 2.24) is 4.57 Å². The van der Waals surface area contributed by atoms with Gasteiger partial charge in [-0.25, -0.2) is 0 Å². The van der Waals surface area contributed by atoms with Crippen molar-refractivity contribution >= 4 is 50.9 Å². The maximum absolute atomic E-state index is 13.0. The number of nitriles is 1. The minimum atomic E-state index is -0.434. The first-order chi connectivity index (χ1) is 17.0. The van der Waals surface area contributed by atoms with Crippen molar-refractivity contribution in [2.75, 3.05) is 5.32 Å². The van der Waals surface area contributed by atoms with Crippen LogP contribution in [0.2, 0.25) is 5.02 Å². The van der Waals surface area contributed by atoms with Gasteiger partial charge in [-0.05, 0) is 59.7 Å². The smallest absolute Gasteiger partial charge is 0.266 e. The number of nitrogens with zero attached hydrogens (tertiary/aromatic N) is 2. The number of rotatable bonds is 5. The van der Waals surface area contributed by atoms with Crippen LogP contribution < -0.4 is 5.32 Å². The topological polar surface area (TPSA) is 57.8 Å². The monoisotopic (exact) mass is 475 g/mol. The molecule has 1 heterocycles. The molecule has 0 atom stereocenters. The number of hydrogen-bond acceptors (Lipinski definition) is 2. The van der Waals surface area contributed by atoms with Gasteiger partial charge in [-0.2, -0.15) is 5.26 Å². The zero-order valence-electron chi connectivity index (χ0n) is 19.1. The molecule has 0 aliphatic carbocycles. The van der Waals surface area contributed by atoms with Crippen LogP contribution in [-0.4, -0.2) is 10.5 Å². The van der Waals surface area contributed by atoms with Crippen LogP contribution in [-0.2, 0) is 11.3 Å². The number of para-hydroxylation sites is 1. The van der Waals surface area contributed by atoms with Gasteiger partial charge in [0.05, 0.1) is 0 Å². The number of carbonyl (C=O) groups is 1. The van der Waals surface area contributed by atoms with Crippen LogP contribution in [0.15, 0.2) is 96.6 Å². The molecule has 1 amide bonds. The molecule has 0 radical (unpaired) electrons. The van der Waals surface area contributed by atoms with Gasteiger partial charge in [0.15, 0.2) is 0 Å². The van der Waals surface area contributed by atoms with E-state index in [-0.39, 0.29) is 5.57 Å². The number of benzene rings is 4. The molecule has 5 heteroatoms. The van der Waals surface area contributed by atoms with E-state index in [0.717, 1.165) is 38.5 Å². The van der Waals surface area contributed by atoms with Crippen LogP contribution in [0.4, 0.5) is 5.69 Å². The fourth-order valence-electron chi connectivity index (χ4n) is 4.37. The van der Waals surface area contributed by atoms with Crippen molar-refractivity contribution < 1.29 is 4.79 Å². The van der Waals surface area contributed by atoms with E-state index in [1.165, 1.54) is 0 Å². The van der Waals surface area contributed by atoms with Gasteiger partial charge < -0.3 is 9.88 Å². The molecule has 4 nitrogen and oxygen atoms in total. The lowest BCUT2D eigenvalue weighted by Gasteiger charge is -2.09. The highest BCUT2D eigenvalue weighted by molar-refractivity contribution is 6.30. The number of halogens is 1. The molecular weight excluding hydrogens is 454 g/mol. The minimum Gasteiger partial charge on any atom is -0.340 e. The molecule has 1 N–H and O–H groups in total. The standard InChI is InChI=1S/C30H22ClN3O/c1-20-28(27-8-4-5-9-29(27)34(20)19-21-10-13-25(31)14-11-21)17-24(18-32)30(35)33-26-15-12-22-6-2-3-7-23(22)16-26/h2-17H,19H2,1H3,(H,33,35). The lowest BCUT2D eigenvalue weighted by molar-refractivity contribution is -0.112. The fourth-order valence-corrected chi connectivity index (χ4v) is 4.50. The summed E-state index contributed by atoms with van der Waals surface area (Å²) in [4.78, 5) is 13.0. The number of fused-ring (bicyclic) bond motifs is 2. The molecule has 0 saturated carbocycles. The predicted octanol–water partition coefficient (Wildman–Crippen LogP) is 7.35. The first kappa shape index (κ1) is 22.5. The normalized spacial score (nSPS) is 11.5. The molecule has 0 bridgehead atoms. The van der Waals surface area contributed by atoms with Crippen molar-refractivity contribution in [3.05, 3.63) is 118 Å². The number of nitrogens with one attached hydrogen (secondary N) is 1. The highest BCUT2D eigenvalue weighted by Crippen LogP contribution is 2.29. The van der Waals surface area contributed by atoms with Gasteiger partial charge in [0.2, 0.25) is 0 Å². The van der Waals surface area contributed by atoms with E-state index in [9.17, 15) is 10.1 Å². The van der Waals surface area contributed by atoms with Crippen molar-refractivity contribution in [3.8, 4) is 6.07 Å². The summed E-state index contributed by atoms with van der Waals surface area (Å²) in [5.74, 6) is -0.434. The van der Waals surface area contributed by atoms with Crippen LogP contribution in [0.1, 0.15) is 16.8 Å². The summed E-state index contributed by atoms with van der Waals surface area (Å²) in [5, 5.41) is 16.5. The van der Waals surface area contributed by atoms with Gasteiger partial charge in [-0.15, -0.1) is 0 Å². The Morgan fingerprint density at radius 2 is 1.69 bits per heavy atom. The molecule has 170 valence electrons. The Morgan fingerprint density at radius 1 is 0.971 bits per heavy atom. The summed E-state index contributed by atoms with van der Waals surface area (Å²) >= 11 is 6.05. The van der Waals surface area contributed by atoms with Gasteiger partial charge in [0.25, 0.3) is 5.91 Å². The van der Waals surface area contributed by atoms with Gasteiger partial charge in [0, 0.05) is 39.4 Å². The first-order valence-corrected chi connectivity index (χ1v) is 11.7. The Bertz CT molecular complexity index is 1640. The molecule has 5 rings (SSSR count). The van der Waals surface area contributed by atoms with Gasteiger partial charge in [-0.3, -0.25) is 4.79 Å². The first-order valence-electron chi connectivity index (χ1n) is 11.3. The molecule has 4 aromatic carbocycles. The molecule has 0 spiro atoms. The van der Waals surface area contributed by atoms with Gasteiger partial charge in [-0.1, -0.05) is 72.3 Å². The molecule has 0 aliphatic rings. The molecule has 0 saturated heterocycles. The molecular formula is C30H22ClN3O. The van der Waals surface area contributed by atoms with E-state index in [4.69, 9.17) is 11.6 Å². The van der Waals surface area contributed by atoms with E-state index in [0.29, 0.717) is 17.3 Å². The van der Waals surface area contributed by atoms with E-state index in [2.05, 4.69) is 22.0 Å². The highest BCUT2D eigenvalue weighted by atomic mass is 35.5. The Balaban J connectivity index is 1.50. The second kappa shape index (κ2) is 9.50. The number of hydrogen-bond donors (Lipinski definition) is 1. The van der Waals surface area contributed by atoms with E-state index in [1.54, 1.807) is 6.08 Å². The quantitative estimate of drug-likeness (QED) is 0.213. The van der Waals surface area contributed by atoms with Gasteiger partial charge >= 0.3 is 0 Å². The predicted molar refractivity (Wildman–Crippen MR) is 143 cm³/mol. The minimum absolute atomic E-state index is 0.0515. The number of anilines is 1. The largest absolute Gasteiger partial charge is 0.340 e. The molecule has 35 heavy (non-hydrogen) atoms. The summed E-state index contributed by atoms with van der Waals surface area (Å²) in [7, 11) is 0. The van der Waals surface area contributed by atoms with E-state index >= 15 is 0 Å². The Morgan fingerprint density at radius 3 is 2.46 bits per heavy atom. The molecule has 1 aromatic heterocycles. The third-order valence-corrected chi connectivity index (χ3v) is 6.45. The van der Waals surface area contributed by atoms with Crippen molar-refractivity contribution in [1.29, 1.82) is 5.26 Å². The van der Waals surface area contributed by atoms with Crippen LogP contribution in [0.3, 0.4) is 0 Å².